The number of halogens is 3. The number of nitrogens with zero attached hydrogens (tertiary/aromatic N) is 2. The summed E-state index contributed by atoms with van der Waals surface area (Å²) < 4.78 is 41.4. The number of likely N-dealkylation sites (tertiary alicyclic amines) is 1. The van der Waals surface area contributed by atoms with Crippen LogP contribution in [0.25, 0.3) is 0 Å². The van der Waals surface area contributed by atoms with Crippen LogP contribution in [0.1, 0.15) is 28.1 Å². The van der Waals surface area contributed by atoms with Crippen LogP contribution in [-0.2, 0) is 4.79 Å². The number of carbonyl (C=O) groups is 2. The Morgan fingerprint density at radius 2 is 2.00 bits per heavy atom. The van der Waals surface area contributed by atoms with Gasteiger partial charge in [0, 0.05) is 13.1 Å². The van der Waals surface area contributed by atoms with Crippen LogP contribution in [0.2, 0.25) is 0 Å². The molecule has 1 aliphatic heterocycles. The van der Waals surface area contributed by atoms with Crippen molar-refractivity contribution in [2.75, 3.05) is 13.1 Å². The Morgan fingerprint density at radius 1 is 1.42 bits per heavy atom. The monoisotopic (exact) mass is 278 g/mol. The summed E-state index contributed by atoms with van der Waals surface area (Å²) in [6.07, 6.45) is -4.90. The first kappa shape index (κ1) is 13.4. The summed E-state index contributed by atoms with van der Waals surface area (Å²) in [5, 5.41) is 8.76. The van der Waals surface area contributed by atoms with E-state index in [2.05, 4.69) is 4.98 Å². The van der Waals surface area contributed by atoms with Crippen molar-refractivity contribution in [2.45, 2.75) is 19.0 Å². The van der Waals surface area contributed by atoms with Gasteiger partial charge >= 0.3 is 18.1 Å². The van der Waals surface area contributed by atoms with Crippen LogP contribution in [0.4, 0.5) is 13.2 Å². The molecule has 1 amide bonds. The Balaban J connectivity index is 2.03. The number of alkyl halides is 3. The molecule has 1 aromatic heterocycles. The summed E-state index contributed by atoms with van der Waals surface area (Å²) in [4.78, 5) is 25.9. The molecule has 1 N–H and O–H groups in total. The summed E-state index contributed by atoms with van der Waals surface area (Å²) in [5.74, 6) is -3.55. The molecular formula is C10H9F3N2O4. The van der Waals surface area contributed by atoms with Crippen molar-refractivity contribution in [1.82, 2.24) is 9.88 Å². The number of oxazole rings is 1. The fourth-order valence-electron chi connectivity index (χ4n) is 1.77. The number of aryl methyl sites for hydroxylation is 1. The molecule has 2 heterocycles. The van der Waals surface area contributed by atoms with Crippen molar-refractivity contribution in [3.63, 3.8) is 0 Å². The lowest BCUT2D eigenvalue weighted by atomic mass is 10.00. The molecule has 2 rings (SSSR count). The SMILES string of the molecule is Cc1oc(C2CN(C(=O)C(F)(F)F)C2)nc1C(=O)O. The molecule has 0 unspecified atom stereocenters. The van der Waals surface area contributed by atoms with Gasteiger partial charge in [-0.2, -0.15) is 13.2 Å². The minimum Gasteiger partial charge on any atom is -0.476 e. The third-order valence-corrected chi connectivity index (χ3v) is 2.78. The number of carbonyl (C=O) groups excluding carboxylic acids is 1. The Bertz CT molecular complexity index is 531. The van der Waals surface area contributed by atoms with Crippen molar-refractivity contribution in [3.05, 3.63) is 17.3 Å². The highest BCUT2D eigenvalue weighted by molar-refractivity contribution is 5.86. The van der Waals surface area contributed by atoms with E-state index in [0.717, 1.165) is 0 Å². The molecule has 0 aliphatic carbocycles. The Kier molecular flexibility index (Phi) is 2.99. The van der Waals surface area contributed by atoms with E-state index in [1.54, 1.807) is 0 Å². The second-order valence-electron chi connectivity index (χ2n) is 4.17. The lowest BCUT2D eigenvalue weighted by Crippen LogP contribution is -2.53. The van der Waals surface area contributed by atoms with Gasteiger partial charge in [-0.15, -0.1) is 0 Å². The number of rotatable bonds is 2. The minimum atomic E-state index is -4.90. The predicted molar refractivity (Wildman–Crippen MR) is 53.6 cm³/mol. The molecule has 1 aliphatic rings. The van der Waals surface area contributed by atoms with Gasteiger partial charge in [-0.3, -0.25) is 4.79 Å². The largest absolute Gasteiger partial charge is 0.476 e. The summed E-state index contributed by atoms with van der Waals surface area (Å²) in [6.45, 7) is 1.03. The molecule has 0 spiro atoms. The van der Waals surface area contributed by atoms with Gasteiger partial charge in [0.25, 0.3) is 0 Å². The van der Waals surface area contributed by atoms with Crippen LogP contribution in [0, 0.1) is 6.92 Å². The van der Waals surface area contributed by atoms with Crippen molar-refractivity contribution >= 4 is 11.9 Å². The first-order valence-corrected chi connectivity index (χ1v) is 5.27. The van der Waals surface area contributed by atoms with Gasteiger partial charge < -0.3 is 14.4 Å². The molecule has 1 aromatic rings. The van der Waals surface area contributed by atoms with Gasteiger partial charge in [0.15, 0.2) is 5.69 Å². The average molecular weight is 278 g/mol. The first-order chi connectivity index (χ1) is 8.70. The highest BCUT2D eigenvalue weighted by Crippen LogP contribution is 2.31. The summed E-state index contributed by atoms with van der Waals surface area (Å²) >= 11 is 0. The van der Waals surface area contributed by atoms with Crippen molar-refractivity contribution in [1.29, 1.82) is 0 Å². The van der Waals surface area contributed by atoms with E-state index in [4.69, 9.17) is 9.52 Å². The van der Waals surface area contributed by atoms with Crippen LogP contribution in [-0.4, -0.2) is 46.1 Å². The van der Waals surface area contributed by atoms with Gasteiger partial charge in [-0.25, -0.2) is 9.78 Å². The van der Waals surface area contributed by atoms with E-state index in [-0.39, 0.29) is 30.4 Å². The van der Waals surface area contributed by atoms with E-state index in [1.165, 1.54) is 6.92 Å². The fourth-order valence-corrected chi connectivity index (χ4v) is 1.77. The van der Waals surface area contributed by atoms with E-state index in [9.17, 15) is 22.8 Å². The van der Waals surface area contributed by atoms with E-state index >= 15 is 0 Å². The summed E-state index contributed by atoms with van der Waals surface area (Å²) in [6, 6.07) is 0. The number of carboxylic acids is 1. The second kappa shape index (κ2) is 4.25. The van der Waals surface area contributed by atoms with E-state index in [1.807, 2.05) is 0 Å². The zero-order valence-corrected chi connectivity index (χ0v) is 9.69. The van der Waals surface area contributed by atoms with Crippen LogP contribution in [0.5, 0.6) is 0 Å². The topological polar surface area (TPSA) is 83.6 Å². The maximum absolute atomic E-state index is 12.1. The molecule has 9 heteroatoms. The van der Waals surface area contributed by atoms with Crippen molar-refractivity contribution in [2.24, 2.45) is 0 Å². The van der Waals surface area contributed by atoms with E-state index < -0.39 is 24.0 Å². The molecule has 0 saturated carbocycles. The van der Waals surface area contributed by atoms with Crippen molar-refractivity contribution in [3.8, 4) is 0 Å². The standard InChI is InChI=1S/C10H9F3N2O4/c1-4-6(8(16)17)14-7(19-4)5-2-15(3-5)9(18)10(11,12)13/h5H,2-3H2,1H3,(H,16,17). The third kappa shape index (κ3) is 2.40. The maximum atomic E-state index is 12.1. The van der Waals surface area contributed by atoms with Gasteiger partial charge in [-0.05, 0) is 6.92 Å². The quantitative estimate of drug-likeness (QED) is 0.877. The summed E-state index contributed by atoms with van der Waals surface area (Å²) in [7, 11) is 0. The van der Waals surface area contributed by atoms with Crippen LogP contribution in [0.3, 0.4) is 0 Å². The molecule has 0 aromatic carbocycles. The minimum absolute atomic E-state index is 0.0427. The number of hydrogen-bond donors (Lipinski definition) is 1. The van der Waals surface area contributed by atoms with Gasteiger partial charge in [0.05, 0.1) is 5.92 Å². The second-order valence-corrected chi connectivity index (χ2v) is 4.17. The molecule has 1 fully saturated rings. The Hall–Kier alpha value is -2.06. The number of hydrogen-bond acceptors (Lipinski definition) is 4. The molecular weight excluding hydrogens is 269 g/mol. The van der Waals surface area contributed by atoms with Crippen LogP contribution >= 0.6 is 0 Å². The smallest absolute Gasteiger partial charge is 0.471 e. The van der Waals surface area contributed by atoms with Gasteiger partial charge in [0.1, 0.15) is 5.76 Å². The fraction of sp³-hybridized carbons (Fsp3) is 0.500. The molecule has 19 heavy (non-hydrogen) atoms. The molecule has 0 radical (unpaired) electrons. The number of aromatic nitrogens is 1. The number of amides is 1. The zero-order valence-electron chi connectivity index (χ0n) is 9.69. The predicted octanol–water partition coefficient (Wildman–Crippen LogP) is 1.17. The summed E-state index contributed by atoms with van der Waals surface area (Å²) in [5.41, 5.74) is -0.268. The molecule has 0 atom stereocenters. The average Bonchev–Trinajstić information content (AvgIpc) is 2.56. The number of aromatic carboxylic acids is 1. The molecule has 0 bridgehead atoms. The molecule has 104 valence electrons. The lowest BCUT2D eigenvalue weighted by Gasteiger charge is -2.37. The molecule has 6 nitrogen and oxygen atoms in total. The van der Waals surface area contributed by atoms with Crippen LogP contribution < -0.4 is 0 Å². The van der Waals surface area contributed by atoms with Gasteiger partial charge in [-0.1, -0.05) is 0 Å². The first-order valence-electron chi connectivity index (χ1n) is 5.27. The van der Waals surface area contributed by atoms with Crippen molar-refractivity contribution < 1.29 is 32.3 Å². The molecule has 1 saturated heterocycles. The highest BCUT2D eigenvalue weighted by atomic mass is 19.4. The Morgan fingerprint density at radius 3 is 2.42 bits per heavy atom. The number of carboxylic acid groups (broad SMARTS) is 1. The normalized spacial score (nSPS) is 16.3. The maximum Gasteiger partial charge on any atom is 0.471 e. The zero-order chi connectivity index (χ0) is 14.4. The Labute approximate surface area is 104 Å². The van der Waals surface area contributed by atoms with Gasteiger partial charge in [0.2, 0.25) is 5.89 Å². The van der Waals surface area contributed by atoms with E-state index in [0.29, 0.717) is 4.90 Å². The van der Waals surface area contributed by atoms with Crippen LogP contribution in [0.15, 0.2) is 4.42 Å². The third-order valence-electron chi connectivity index (χ3n) is 2.78. The highest BCUT2D eigenvalue weighted by Gasteiger charge is 2.47. The lowest BCUT2D eigenvalue weighted by molar-refractivity contribution is -0.190.